The number of nitrogens with one attached hydrogen (secondary N) is 1. The maximum Gasteiger partial charge on any atom is 0.323 e. The number of hydrogen-bond donors (Lipinski definition) is 1. The molecule has 1 aromatic heterocycles. The first-order valence-corrected chi connectivity index (χ1v) is 3.65. The van der Waals surface area contributed by atoms with E-state index in [1.165, 1.54) is 10.8 Å². The standard InChI is InChI=1S/C8H11N2O2.Y/c1-8(2,3)10-5-4-6(11)9-7(10)12;/h5H,1-3H3,(H,9,11,12);/q-1;. The van der Waals surface area contributed by atoms with Crippen molar-refractivity contribution in [2.24, 2.45) is 0 Å². The number of hydrogen-bond acceptors (Lipinski definition) is 2. The monoisotopic (exact) mass is 256 g/mol. The molecule has 1 N–H and O–H groups in total. The van der Waals surface area contributed by atoms with Crippen molar-refractivity contribution in [2.75, 3.05) is 0 Å². The van der Waals surface area contributed by atoms with Crippen LogP contribution in [0.25, 0.3) is 0 Å². The molecule has 1 radical (unpaired) electrons. The molecule has 0 aromatic carbocycles. The molecule has 0 bridgehead atoms. The van der Waals surface area contributed by atoms with E-state index < -0.39 is 11.2 Å². The minimum absolute atomic E-state index is 0. The quantitative estimate of drug-likeness (QED) is 0.669. The average Bonchev–Trinajstić information content (AvgIpc) is 1.83. The second kappa shape index (κ2) is 4.33. The maximum absolute atomic E-state index is 11.2. The first-order chi connectivity index (χ1) is 5.41. The predicted molar refractivity (Wildman–Crippen MR) is 45.2 cm³/mol. The van der Waals surface area contributed by atoms with E-state index in [2.05, 4.69) is 11.1 Å². The molecular formula is C8H11N2O2Y-. The first kappa shape index (κ1) is 12.8. The minimum Gasteiger partial charge on any atom is -0.387 e. The Bertz CT molecular complexity index is 386. The molecule has 0 unspecified atom stereocenters. The molecule has 0 aliphatic heterocycles. The van der Waals surface area contributed by atoms with Crippen molar-refractivity contribution in [1.82, 2.24) is 9.55 Å². The topological polar surface area (TPSA) is 54.9 Å². The summed E-state index contributed by atoms with van der Waals surface area (Å²) in [5.41, 5.74) is -1.20. The van der Waals surface area contributed by atoms with Crippen molar-refractivity contribution in [3.8, 4) is 0 Å². The number of aromatic amines is 1. The zero-order valence-corrected chi connectivity index (χ0v) is 10.8. The van der Waals surface area contributed by atoms with Gasteiger partial charge < -0.3 is 20.4 Å². The van der Waals surface area contributed by atoms with Crippen LogP contribution in [0.4, 0.5) is 0 Å². The van der Waals surface area contributed by atoms with Crippen LogP contribution in [0, 0.1) is 6.07 Å². The fourth-order valence-electron chi connectivity index (χ4n) is 0.874. The Morgan fingerprint density at radius 3 is 2.31 bits per heavy atom. The van der Waals surface area contributed by atoms with Crippen molar-refractivity contribution >= 4 is 0 Å². The van der Waals surface area contributed by atoms with Crippen molar-refractivity contribution in [3.05, 3.63) is 33.1 Å². The van der Waals surface area contributed by atoms with Gasteiger partial charge in [-0.1, -0.05) is 0 Å². The van der Waals surface area contributed by atoms with Crippen molar-refractivity contribution in [3.63, 3.8) is 0 Å². The molecule has 5 heteroatoms. The summed E-state index contributed by atoms with van der Waals surface area (Å²) in [5.74, 6) is 0. The molecule has 0 amide bonds. The Balaban J connectivity index is 0.00000144. The summed E-state index contributed by atoms with van der Waals surface area (Å²) in [6, 6.07) is 2.40. The van der Waals surface area contributed by atoms with Gasteiger partial charge in [-0.05, 0) is 20.8 Å². The van der Waals surface area contributed by atoms with Gasteiger partial charge in [0.25, 0.3) is 0 Å². The smallest absolute Gasteiger partial charge is 0.323 e. The zero-order chi connectivity index (χ0) is 9.35. The third-order valence-electron chi connectivity index (χ3n) is 1.49. The Morgan fingerprint density at radius 2 is 1.92 bits per heavy atom. The average molecular weight is 256 g/mol. The molecule has 1 aromatic rings. The van der Waals surface area contributed by atoms with Crippen LogP contribution in [-0.4, -0.2) is 9.55 Å². The van der Waals surface area contributed by atoms with Crippen LogP contribution >= 0.6 is 0 Å². The van der Waals surface area contributed by atoms with E-state index in [4.69, 9.17) is 0 Å². The molecule has 1 rings (SSSR count). The molecule has 0 aliphatic carbocycles. The number of rotatable bonds is 0. The maximum atomic E-state index is 11.2. The van der Waals surface area contributed by atoms with Gasteiger partial charge in [-0.15, -0.1) is 0 Å². The predicted octanol–water partition coefficient (Wildman–Crippen LogP) is 0.0893. The van der Waals surface area contributed by atoms with E-state index in [0.29, 0.717) is 0 Å². The van der Waals surface area contributed by atoms with Crippen molar-refractivity contribution in [2.45, 2.75) is 26.3 Å². The van der Waals surface area contributed by atoms with Gasteiger partial charge >= 0.3 is 5.69 Å². The fraction of sp³-hybridized carbons (Fsp3) is 0.500. The summed E-state index contributed by atoms with van der Waals surface area (Å²) in [6.45, 7) is 5.63. The number of H-pyrrole nitrogens is 1. The SMILES string of the molecule is CC(C)(C)n1c[c-]c(=O)[nH]c1=O.[Y]. The molecule has 0 saturated heterocycles. The van der Waals surface area contributed by atoms with Gasteiger partial charge in [-0.2, -0.15) is 6.20 Å². The molecule has 13 heavy (non-hydrogen) atoms. The van der Waals surface area contributed by atoms with Gasteiger partial charge in [0.1, 0.15) is 0 Å². The van der Waals surface area contributed by atoms with Gasteiger partial charge in [0.2, 0.25) is 0 Å². The van der Waals surface area contributed by atoms with Crippen LogP contribution in [-0.2, 0) is 38.2 Å². The molecule has 4 nitrogen and oxygen atoms in total. The summed E-state index contributed by atoms with van der Waals surface area (Å²) in [5, 5.41) is 0. The summed E-state index contributed by atoms with van der Waals surface area (Å²) in [6.07, 6.45) is 1.38. The zero-order valence-electron chi connectivity index (χ0n) is 7.92. The summed E-state index contributed by atoms with van der Waals surface area (Å²) < 4.78 is 1.42. The third kappa shape index (κ3) is 3.20. The molecule has 1 heterocycles. The largest absolute Gasteiger partial charge is 0.387 e. The molecule has 0 aliphatic rings. The van der Waals surface area contributed by atoms with E-state index in [-0.39, 0.29) is 38.2 Å². The van der Waals surface area contributed by atoms with Crippen molar-refractivity contribution in [1.29, 1.82) is 0 Å². The summed E-state index contributed by atoms with van der Waals surface area (Å²) in [7, 11) is 0. The van der Waals surface area contributed by atoms with Crippen LogP contribution in [0.1, 0.15) is 20.8 Å². The second-order valence-corrected chi connectivity index (χ2v) is 3.57. The molecular weight excluding hydrogens is 245 g/mol. The Morgan fingerprint density at radius 1 is 1.38 bits per heavy atom. The third-order valence-corrected chi connectivity index (χ3v) is 1.49. The minimum atomic E-state index is -0.486. The van der Waals surface area contributed by atoms with Crippen molar-refractivity contribution < 1.29 is 32.7 Å². The Kier molecular flexibility index (Phi) is 4.26. The normalized spacial score (nSPS) is 10.7. The van der Waals surface area contributed by atoms with Gasteiger partial charge in [0.15, 0.2) is 0 Å². The van der Waals surface area contributed by atoms with E-state index in [0.717, 1.165) is 0 Å². The van der Waals surface area contributed by atoms with Crippen LogP contribution in [0.5, 0.6) is 0 Å². The molecule has 0 saturated carbocycles. The fourth-order valence-corrected chi connectivity index (χ4v) is 0.874. The second-order valence-electron chi connectivity index (χ2n) is 3.57. The summed E-state index contributed by atoms with van der Waals surface area (Å²) in [4.78, 5) is 24.0. The molecule has 0 fully saturated rings. The van der Waals surface area contributed by atoms with E-state index in [1.807, 2.05) is 20.8 Å². The van der Waals surface area contributed by atoms with E-state index in [9.17, 15) is 9.59 Å². The summed E-state index contributed by atoms with van der Waals surface area (Å²) >= 11 is 0. The molecule has 69 valence electrons. The Hall–Kier alpha value is -0.216. The number of aromatic nitrogens is 2. The van der Waals surface area contributed by atoms with Crippen LogP contribution in [0.2, 0.25) is 0 Å². The Labute approximate surface area is 101 Å². The van der Waals surface area contributed by atoms with Crippen LogP contribution < -0.4 is 11.2 Å². The van der Waals surface area contributed by atoms with Gasteiger partial charge in [0.05, 0.1) is 5.56 Å². The first-order valence-electron chi connectivity index (χ1n) is 3.65. The van der Waals surface area contributed by atoms with Gasteiger partial charge in [-0.25, -0.2) is 4.79 Å². The van der Waals surface area contributed by atoms with Crippen LogP contribution in [0.3, 0.4) is 0 Å². The molecule has 0 atom stereocenters. The molecule has 0 spiro atoms. The van der Waals surface area contributed by atoms with Gasteiger partial charge in [-0.3, -0.25) is 0 Å². The van der Waals surface area contributed by atoms with Crippen LogP contribution in [0.15, 0.2) is 15.8 Å². The van der Waals surface area contributed by atoms with Gasteiger partial charge in [0, 0.05) is 38.2 Å². The van der Waals surface area contributed by atoms with E-state index >= 15 is 0 Å². The van der Waals surface area contributed by atoms with E-state index in [1.54, 1.807) is 0 Å². The number of nitrogens with zero attached hydrogens (tertiary/aromatic N) is 1.